The molecular weight excluding hydrogens is 202 g/mol. The van der Waals surface area contributed by atoms with Gasteiger partial charge < -0.3 is 18.5 Å². The Bertz CT molecular complexity index is 154. The highest BCUT2D eigenvalue weighted by Gasteiger charge is 2.26. The van der Waals surface area contributed by atoms with E-state index >= 15 is 0 Å². The second-order valence-electron chi connectivity index (χ2n) is 1.89. The first-order valence-corrected chi connectivity index (χ1v) is 6.50. The molecular formula is C5H14O5P2. The van der Waals surface area contributed by atoms with Gasteiger partial charge in [0, 0.05) is 14.2 Å². The van der Waals surface area contributed by atoms with Crippen LogP contribution in [0.3, 0.4) is 0 Å². The Kier molecular flexibility index (Phi) is 6.28. The molecule has 0 aromatic carbocycles. The molecule has 0 amide bonds. The highest BCUT2D eigenvalue weighted by Crippen LogP contribution is 2.56. The normalized spacial score (nSPS) is 14.7. The van der Waals surface area contributed by atoms with Crippen molar-refractivity contribution in [3.63, 3.8) is 0 Å². The summed E-state index contributed by atoms with van der Waals surface area (Å²) in [5, 5.41) is 0. The van der Waals surface area contributed by atoms with Crippen molar-refractivity contribution in [2.45, 2.75) is 6.92 Å². The fourth-order valence-corrected chi connectivity index (χ4v) is 3.41. The maximum Gasteiger partial charge on any atom is 0.339 e. The van der Waals surface area contributed by atoms with E-state index in [9.17, 15) is 4.57 Å². The summed E-state index contributed by atoms with van der Waals surface area (Å²) in [5.41, 5.74) is 0. The monoisotopic (exact) mass is 216 g/mol. The Morgan fingerprint density at radius 3 is 2.25 bits per heavy atom. The molecule has 0 heterocycles. The minimum absolute atomic E-state index is 0.0802. The minimum Gasteiger partial charge on any atom is -0.349 e. The van der Waals surface area contributed by atoms with Gasteiger partial charge in [0.1, 0.15) is 5.90 Å². The van der Waals surface area contributed by atoms with Crippen molar-refractivity contribution in [3.05, 3.63) is 0 Å². The molecule has 0 aromatic heterocycles. The van der Waals surface area contributed by atoms with Crippen LogP contribution < -0.4 is 0 Å². The van der Waals surface area contributed by atoms with Crippen molar-refractivity contribution < 1.29 is 23.0 Å². The average molecular weight is 216 g/mol. The second kappa shape index (κ2) is 6.03. The van der Waals surface area contributed by atoms with Crippen molar-refractivity contribution in [2.75, 3.05) is 26.7 Å². The SMILES string of the molecule is CCOP(O)CP(=O)(OC)OC. The molecule has 0 aliphatic carbocycles. The molecule has 0 aromatic rings. The number of hydrogen-bond donors (Lipinski definition) is 1. The number of hydrogen-bond acceptors (Lipinski definition) is 5. The van der Waals surface area contributed by atoms with Gasteiger partial charge in [-0.25, -0.2) is 0 Å². The summed E-state index contributed by atoms with van der Waals surface area (Å²) >= 11 is 0. The van der Waals surface area contributed by atoms with Crippen LogP contribution in [-0.4, -0.2) is 31.6 Å². The van der Waals surface area contributed by atoms with Gasteiger partial charge in [-0.15, -0.1) is 0 Å². The van der Waals surface area contributed by atoms with Crippen LogP contribution in [0.2, 0.25) is 0 Å². The van der Waals surface area contributed by atoms with Gasteiger partial charge in [-0.3, -0.25) is 4.57 Å². The van der Waals surface area contributed by atoms with Gasteiger partial charge >= 0.3 is 7.60 Å². The van der Waals surface area contributed by atoms with Gasteiger partial charge in [-0.1, -0.05) is 0 Å². The first kappa shape index (κ1) is 12.5. The molecule has 0 radical (unpaired) electrons. The summed E-state index contributed by atoms with van der Waals surface area (Å²) < 4.78 is 25.4. The molecule has 0 rings (SSSR count). The lowest BCUT2D eigenvalue weighted by atomic mass is 10.9. The van der Waals surface area contributed by atoms with E-state index in [0.29, 0.717) is 6.61 Å². The first-order valence-electron chi connectivity index (χ1n) is 3.38. The average Bonchev–Trinajstić information content (AvgIpc) is 2.05. The highest BCUT2D eigenvalue weighted by atomic mass is 31.2. The zero-order valence-electron chi connectivity index (χ0n) is 7.39. The fourth-order valence-electron chi connectivity index (χ4n) is 0.528. The van der Waals surface area contributed by atoms with Gasteiger partial charge in [0.05, 0.1) is 6.61 Å². The standard InChI is InChI=1S/C5H14O5P2/c1-4-10-11(6)5-12(7,8-2)9-3/h6H,4-5H2,1-3H3. The molecule has 1 N–H and O–H groups in total. The molecule has 0 aliphatic heterocycles. The van der Waals surface area contributed by atoms with E-state index in [4.69, 9.17) is 9.42 Å². The van der Waals surface area contributed by atoms with Crippen LogP contribution in [0.15, 0.2) is 0 Å². The van der Waals surface area contributed by atoms with Gasteiger partial charge in [0.2, 0.25) is 0 Å². The smallest absolute Gasteiger partial charge is 0.339 e. The van der Waals surface area contributed by atoms with Crippen LogP contribution in [0, 0.1) is 0 Å². The van der Waals surface area contributed by atoms with Crippen LogP contribution >= 0.6 is 16.0 Å². The van der Waals surface area contributed by atoms with Crippen molar-refractivity contribution in [2.24, 2.45) is 0 Å². The predicted molar refractivity (Wildman–Crippen MR) is 47.3 cm³/mol. The van der Waals surface area contributed by atoms with Crippen molar-refractivity contribution in [1.82, 2.24) is 0 Å². The van der Waals surface area contributed by atoms with Gasteiger partial charge in [-0.2, -0.15) is 0 Å². The minimum atomic E-state index is -3.11. The van der Waals surface area contributed by atoms with Crippen LogP contribution in [0.4, 0.5) is 0 Å². The molecule has 5 nitrogen and oxygen atoms in total. The van der Waals surface area contributed by atoms with Crippen molar-refractivity contribution in [1.29, 1.82) is 0 Å². The molecule has 0 saturated carbocycles. The van der Waals surface area contributed by atoms with E-state index < -0.39 is 16.0 Å². The Labute approximate surface area is 73.5 Å². The zero-order chi connectivity index (χ0) is 9.61. The maximum atomic E-state index is 11.4. The lowest BCUT2D eigenvalue weighted by molar-refractivity contribution is 0.276. The third-order valence-corrected chi connectivity index (χ3v) is 5.15. The van der Waals surface area contributed by atoms with Crippen LogP contribution in [0.25, 0.3) is 0 Å². The molecule has 1 atom stereocenters. The van der Waals surface area contributed by atoms with Gasteiger partial charge in [-0.05, 0) is 6.92 Å². The molecule has 0 spiro atoms. The third-order valence-electron chi connectivity index (χ3n) is 1.13. The molecule has 0 aliphatic rings. The summed E-state index contributed by atoms with van der Waals surface area (Å²) in [4.78, 5) is 9.16. The highest BCUT2D eigenvalue weighted by molar-refractivity contribution is 7.68. The van der Waals surface area contributed by atoms with Crippen LogP contribution in [-0.2, 0) is 18.1 Å². The topological polar surface area (TPSA) is 65.0 Å². The predicted octanol–water partition coefficient (Wildman–Crippen LogP) is 1.77. The lowest BCUT2D eigenvalue weighted by Gasteiger charge is -2.16. The number of rotatable bonds is 6. The van der Waals surface area contributed by atoms with E-state index in [1.807, 2.05) is 0 Å². The molecule has 12 heavy (non-hydrogen) atoms. The van der Waals surface area contributed by atoms with E-state index in [1.54, 1.807) is 6.92 Å². The Balaban J connectivity index is 3.94. The van der Waals surface area contributed by atoms with Gasteiger partial charge in [0.15, 0.2) is 8.38 Å². The molecule has 0 bridgehead atoms. The Hall–Kier alpha value is 0.500. The summed E-state index contributed by atoms with van der Waals surface area (Å²) in [6.45, 7) is 2.13. The lowest BCUT2D eigenvalue weighted by Crippen LogP contribution is -1.95. The van der Waals surface area contributed by atoms with Crippen molar-refractivity contribution >= 4 is 16.0 Å². The summed E-state index contributed by atoms with van der Waals surface area (Å²) in [6, 6.07) is 0. The van der Waals surface area contributed by atoms with Crippen LogP contribution in [0.5, 0.6) is 0 Å². The summed E-state index contributed by atoms with van der Waals surface area (Å²) in [7, 11) is -2.25. The second-order valence-corrected chi connectivity index (χ2v) is 5.93. The maximum absolute atomic E-state index is 11.4. The molecule has 0 fully saturated rings. The fraction of sp³-hybridized carbons (Fsp3) is 1.00. The summed E-state index contributed by atoms with van der Waals surface area (Å²) in [5.74, 6) is -0.0802. The Morgan fingerprint density at radius 2 is 1.92 bits per heavy atom. The third kappa shape index (κ3) is 4.51. The van der Waals surface area contributed by atoms with Crippen LogP contribution in [0.1, 0.15) is 6.92 Å². The molecule has 1 unspecified atom stereocenters. The molecule has 7 heteroatoms. The molecule has 74 valence electrons. The largest absolute Gasteiger partial charge is 0.349 e. The van der Waals surface area contributed by atoms with E-state index in [2.05, 4.69) is 9.05 Å². The first-order chi connectivity index (χ1) is 5.58. The Morgan fingerprint density at radius 1 is 1.42 bits per heavy atom. The van der Waals surface area contributed by atoms with E-state index in [1.165, 1.54) is 14.2 Å². The quantitative estimate of drug-likeness (QED) is 0.685. The van der Waals surface area contributed by atoms with E-state index in [-0.39, 0.29) is 5.90 Å². The van der Waals surface area contributed by atoms with Gasteiger partial charge in [0.25, 0.3) is 0 Å². The van der Waals surface area contributed by atoms with Crippen molar-refractivity contribution in [3.8, 4) is 0 Å². The van der Waals surface area contributed by atoms with E-state index in [0.717, 1.165) is 0 Å². The molecule has 0 saturated heterocycles. The zero-order valence-corrected chi connectivity index (χ0v) is 9.18. The summed E-state index contributed by atoms with van der Waals surface area (Å²) in [6.07, 6.45) is 0.